The fraction of sp³-hybridized carbons (Fsp3) is 0. The summed E-state index contributed by atoms with van der Waals surface area (Å²) in [6, 6.07) is 17.7. The predicted molar refractivity (Wildman–Crippen MR) is 78.8 cm³/mol. The van der Waals surface area contributed by atoms with Crippen LogP contribution >= 0.6 is 0 Å². The minimum Gasteiger partial charge on any atom is -0.508 e. The third kappa shape index (κ3) is 1.97. The van der Waals surface area contributed by atoms with Gasteiger partial charge in [0.05, 0.1) is 5.69 Å². The van der Waals surface area contributed by atoms with Gasteiger partial charge < -0.3 is 5.11 Å². The van der Waals surface area contributed by atoms with Crippen LogP contribution in [0.1, 0.15) is 5.56 Å². The molecule has 0 aliphatic heterocycles. The summed E-state index contributed by atoms with van der Waals surface area (Å²) >= 11 is 0. The molecule has 3 rings (SSSR count). The van der Waals surface area contributed by atoms with Crippen molar-refractivity contribution in [3.8, 4) is 11.3 Å². The Bertz CT molecular complexity index is 757. The summed E-state index contributed by atoms with van der Waals surface area (Å²) in [7, 11) is 0. The van der Waals surface area contributed by atoms with Gasteiger partial charge in [0.1, 0.15) is 5.76 Å². The van der Waals surface area contributed by atoms with Gasteiger partial charge >= 0.3 is 0 Å². The monoisotopic (exact) mass is 247 g/mol. The molecule has 0 unspecified atom stereocenters. The number of hydrogen-bond acceptors (Lipinski definition) is 2. The predicted octanol–water partition coefficient (Wildman–Crippen LogP) is 4.43. The molecule has 2 heteroatoms. The van der Waals surface area contributed by atoms with Gasteiger partial charge in [-0.1, -0.05) is 55.1 Å². The van der Waals surface area contributed by atoms with E-state index in [0.717, 1.165) is 22.0 Å². The summed E-state index contributed by atoms with van der Waals surface area (Å²) in [6.07, 6.45) is 1.79. The zero-order chi connectivity index (χ0) is 13.2. The van der Waals surface area contributed by atoms with Gasteiger partial charge in [0.25, 0.3) is 0 Å². The number of fused-ring (bicyclic) bond motifs is 1. The lowest BCUT2D eigenvalue weighted by Gasteiger charge is -2.10. The Kier molecular flexibility index (Phi) is 2.76. The van der Waals surface area contributed by atoms with Gasteiger partial charge in [0.2, 0.25) is 0 Å². The van der Waals surface area contributed by atoms with Gasteiger partial charge in [-0.25, -0.2) is 0 Å². The fourth-order valence-corrected chi connectivity index (χ4v) is 2.28. The summed E-state index contributed by atoms with van der Waals surface area (Å²) in [5.74, 6) is 0.0605. The van der Waals surface area contributed by atoms with Crippen LogP contribution in [0, 0.1) is 0 Å². The van der Waals surface area contributed by atoms with Gasteiger partial charge in [-0.15, -0.1) is 0 Å². The first-order valence-corrected chi connectivity index (χ1v) is 6.09. The lowest BCUT2D eigenvalue weighted by molar-refractivity contribution is 0.514. The maximum atomic E-state index is 9.72. The van der Waals surface area contributed by atoms with E-state index < -0.39 is 0 Å². The van der Waals surface area contributed by atoms with Crippen LogP contribution in [0.5, 0.6) is 0 Å². The Morgan fingerprint density at radius 1 is 0.947 bits per heavy atom. The smallest absolute Gasteiger partial charge is 0.116 e. The molecule has 0 bridgehead atoms. The Labute approximate surface area is 111 Å². The van der Waals surface area contributed by atoms with E-state index in [1.807, 2.05) is 48.5 Å². The Hall–Kier alpha value is -2.61. The first kappa shape index (κ1) is 11.5. The molecule has 0 aliphatic rings. The molecule has 0 amide bonds. The van der Waals surface area contributed by atoms with Crippen LogP contribution in [0.4, 0.5) is 0 Å². The number of benzene rings is 2. The third-order valence-electron chi connectivity index (χ3n) is 3.17. The van der Waals surface area contributed by atoms with Crippen LogP contribution in [0.2, 0.25) is 0 Å². The molecule has 0 fully saturated rings. The summed E-state index contributed by atoms with van der Waals surface area (Å²) in [4.78, 5) is 4.47. The molecule has 0 radical (unpaired) electrons. The van der Waals surface area contributed by atoms with Gasteiger partial charge in [-0.3, -0.25) is 4.98 Å². The second-order valence-electron chi connectivity index (χ2n) is 4.37. The van der Waals surface area contributed by atoms with Crippen LogP contribution < -0.4 is 0 Å². The molecule has 0 spiro atoms. The highest BCUT2D eigenvalue weighted by Gasteiger charge is 2.10. The number of rotatable bonds is 2. The average Bonchev–Trinajstić information content (AvgIpc) is 2.46. The molecule has 2 nitrogen and oxygen atoms in total. The molecule has 3 aromatic rings. The first-order chi connectivity index (χ1) is 9.27. The molecule has 1 N–H and O–H groups in total. The molecule has 0 aliphatic carbocycles. The highest BCUT2D eigenvalue weighted by Crippen LogP contribution is 2.30. The second-order valence-corrected chi connectivity index (χ2v) is 4.37. The number of aromatic nitrogens is 1. The Morgan fingerprint density at radius 2 is 1.68 bits per heavy atom. The minimum atomic E-state index is 0.0605. The first-order valence-electron chi connectivity index (χ1n) is 6.09. The highest BCUT2D eigenvalue weighted by atomic mass is 16.3. The van der Waals surface area contributed by atoms with Crippen molar-refractivity contribution in [2.24, 2.45) is 0 Å². The van der Waals surface area contributed by atoms with E-state index in [4.69, 9.17) is 0 Å². The largest absolute Gasteiger partial charge is 0.508 e. The standard InChI is InChI=1S/C17H13NO/c1-12(19)14-7-4-5-9-16(14)17-15-8-3-2-6-13(15)10-11-18-17/h2-11,19H,1H2. The van der Waals surface area contributed by atoms with Gasteiger partial charge in [-0.2, -0.15) is 0 Å². The third-order valence-corrected chi connectivity index (χ3v) is 3.17. The minimum absolute atomic E-state index is 0.0605. The quantitative estimate of drug-likeness (QED) is 0.679. The number of nitrogens with zero attached hydrogens (tertiary/aromatic N) is 1. The van der Waals surface area contributed by atoms with Crippen LogP contribution in [-0.4, -0.2) is 10.1 Å². The van der Waals surface area contributed by atoms with Gasteiger partial charge in [0, 0.05) is 22.7 Å². The summed E-state index contributed by atoms with van der Waals surface area (Å²) in [6.45, 7) is 3.62. The molecular weight excluding hydrogens is 234 g/mol. The van der Waals surface area contributed by atoms with Crippen LogP contribution in [-0.2, 0) is 0 Å². The maximum Gasteiger partial charge on any atom is 0.116 e. The van der Waals surface area contributed by atoms with Gasteiger partial charge in [-0.05, 0) is 11.5 Å². The summed E-state index contributed by atoms with van der Waals surface area (Å²) in [5, 5.41) is 11.9. The van der Waals surface area contributed by atoms with Crippen molar-refractivity contribution in [3.63, 3.8) is 0 Å². The van der Waals surface area contributed by atoms with E-state index >= 15 is 0 Å². The Morgan fingerprint density at radius 3 is 2.53 bits per heavy atom. The van der Waals surface area contributed by atoms with Gasteiger partial charge in [0.15, 0.2) is 0 Å². The van der Waals surface area contributed by atoms with Crippen molar-refractivity contribution in [2.45, 2.75) is 0 Å². The second kappa shape index (κ2) is 4.58. The number of hydrogen-bond donors (Lipinski definition) is 1. The molecule has 1 aromatic heterocycles. The molecule has 0 atom stereocenters. The topological polar surface area (TPSA) is 33.1 Å². The van der Waals surface area contributed by atoms with Crippen molar-refractivity contribution >= 4 is 16.5 Å². The zero-order valence-corrected chi connectivity index (χ0v) is 10.4. The number of aliphatic hydroxyl groups excluding tert-OH is 1. The van der Waals surface area contributed by atoms with E-state index in [9.17, 15) is 5.11 Å². The van der Waals surface area contributed by atoms with Crippen molar-refractivity contribution in [2.75, 3.05) is 0 Å². The lowest BCUT2D eigenvalue weighted by Crippen LogP contribution is -1.91. The molecule has 1 heterocycles. The SMILES string of the molecule is C=C(O)c1ccccc1-c1nccc2ccccc12. The van der Waals surface area contributed by atoms with Crippen molar-refractivity contribution < 1.29 is 5.11 Å². The average molecular weight is 247 g/mol. The lowest BCUT2D eigenvalue weighted by atomic mass is 9.99. The van der Waals surface area contributed by atoms with Crippen molar-refractivity contribution in [3.05, 3.63) is 72.9 Å². The van der Waals surface area contributed by atoms with E-state index in [1.165, 1.54) is 0 Å². The maximum absolute atomic E-state index is 9.72. The van der Waals surface area contributed by atoms with Crippen molar-refractivity contribution in [1.29, 1.82) is 0 Å². The van der Waals surface area contributed by atoms with E-state index in [1.54, 1.807) is 6.20 Å². The molecule has 2 aromatic carbocycles. The van der Waals surface area contributed by atoms with Crippen LogP contribution in [0.15, 0.2) is 67.4 Å². The normalized spacial score (nSPS) is 10.5. The van der Waals surface area contributed by atoms with Crippen molar-refractivity contribution in [1.82, 2.24) is 4.98 Å². The molecule has 0 saturated carbocycles. The van der Waals surface area contributed by atoms with E-state index in [0.29, 0.717) is 5.56 Å². The van der Waals surface area contributed by atoms with E-state index in [-0.39, 0.29) is 5.76 Å². The molecule has 0 saturated heterocycles. The number of pyridine rings is 1. The highest BCUT2D eigenvalue weighted by molar-refractivity contribution is 5.96. The molecule has 19 heavy (non-hydrogen) atoms. The van der Waals surface area contributed by atoms with Crippen LogP contribution in [0.25, 0.3) is 27.8 Å². The zero-order valence-electron chi connectivity index (χ0n) is 10.4. The molecule has 92 valence electrons. The van der Waals surface area contributed by atoms with E-state index in [2.05, 4.69) is 17.6 Å². The summed E-state index contributed by atoms with van der Waals surface area (Å²) < 4.78 is 0. The molecular formula is C17H13NO. The fourth-order valence-electron chi connectivity index (χ4n) is 2.28. The summed E-state index contributed by atoms with van der Waals surface area (Å²) in [5.41, 5.74) is 2.47. The number of aliphatic hydroxyl groups is 1. The Balaban J connectivity index is 2.34. The van der Waals surface area contributed by atoms with Crippen LogP contribution in [0.3, 0.4) is 0 Å².